The van der Waals surface area contributed by atoms with E-state index in [4.69, 9.17) is 14.0 Å². The highest BCUT2D eigenvalue weighted by molar-refractivity contribution is 7.89. The highest BCUT2D eigenvalue weighted by Gasteiger charge is 2.41. The zero-order valence-corrected chi connectivity index (χ0v) is 16.8. The zero-order valence-electron chi connectivity index (χ0n) is 16.0. The summed E-state index contributed by atoms with van der Waals surface area (Å²) in [5.41, 5.74) is 0.354. The van der Waals surface area contributed by atoms with Crippen molar-refractivity contribution in [3.8, 4) is 0 Å². The fourth-order valence-electron chi connectivity index (χ4n) is 3.99. The molecular weight excluding hydrogens is 374 g/mol. The maximum Gasteiger partial charge on any atom is 0.249 e. The van der Waals surface area contributed by atoms with Gasteiger partial charge in [0.05, 0.1) is 0 Å². The fourth-order valence-corrected chi connectivity index (χ4v) is 5.78. The standard InChI is InChI=1S/C17H27N3O6S/c1-12-17(13(2)26-18-12)27(22,23)19-7-4-15(10-19)20(16(21)11-24-3)14-5-8-25-9-6-14/h14-15H,4-11H2,1-3H3. The van der Waals surface area contributed by atoms with E-state index in [0.717, 1.165) is 12.8 Å². The van der Waals surface area contributed by atoms with Gasteiger partial charge in [-0.05, 0) is 33.1 Å². The van der Waals surface area contributed by atoms with Crippen LogP contribution in [0.2, 0.25) is 0 Å². The van der Waals surface area contributed by atoms with Crippen LogP contribution in [-0.2, 0) is 24.3 Å². The summed E-state index contributed by atoms with van der Waals surface area (Å²) in [6, 6.07) is -0.126. The number of hydrogen-bond acceptors (Lipinski definition) is 7. The number of amides is 1. The predicted molar refractivity (Wildman–Crippen MR) is 95.7 cm³/mol. The summed E-state index contributed by atoms with van der Waals surface area (Å²) in [6.07, 6.45) is 2.10. The Kier molecular flexibility index (Phi) is 6.19. The van der Waals surface area contributed by atoms with Gasteiger partial charge in [-0.25, -0.2) is 8.42 Å². The Labute approximate surface area is 159 Å². The van der Waals surface area contributed by atoms with Gasteiger partial charge in [-0.15, -0.1) is 0 Å². The molecule has 1 amide bonds. The van der Waals surface area contributed by atoms with Crippen molar-refractivity contribution in [1.29, 1.82) is 0 Å². The number of aromatic nitrogens is 1. The van der Waals surface area contributed by atoms with Crippen molar-refractivity contribution in [2.24, 2.45) is 0 Å². The molecule has 3 heterocycles. The summed E-state index contributed by atoms with van der Waals surface area (Å²) in [5.74, 6) is 0.179. The molecule has 0 spiro atoms. The van der Waals surface area contributed by atoms with Crippen molar-refractivity contribution in [2.45, 2.75) is 50.1 Å². The lowest BCUT2D eigenvalue weighted by atomic mass is 10.0. The minimum atomic E-state index is -3.71. The number of rotatable bonds is 6. The Morgan fingerprint density at radius 3 is 2.56 bits per heavy atom. The van der Waals surface area contributed by atoms with Crippen molar-refractivity contribution in [3.05, 3.63) is 11.5 Å². The molecule has 1 atom stereocenters. The summed E-state index contributed by atoms with van der Waals surface area (Å²) in [4.78, 5) is 14.6. The third-order valence-corrected chi connectivity index (χ3v) is 7.34. The van der Waals surface area contributed by atoms with Gasteiger partial charge in [0.2, 0.25) is 15.9 Å². The van der Waals surface area contributed by atoms with Gasteiger partial charge in [-0.2, -0.15) is 4.31 Å². The van der Waals surface area contributed by atoms with Crippen LogP contribution < -0.4 is 0 Å². The van der Waals surface area contributed by atoms with Crippen molar-refractivity contribution in [2.75, 3.05) is 40.0 Å². The first-order valence-electron chi connectivity index (χ1n) is 9.17. The molecule has 2 fully saturated rings. The first-order valence-corrected chi connectivity index (χ1v) is 10.6. The first-order chi connectivity index (χ1) is 12.9. The molecule has 0 radical (unpaired) electrons. The van der Waals surface area contributed by atoms with E-state index in [1.807, 2.05) is 4.90 Å². The molecule has 2 aliphatic heterocycles. The Morgan fingerprint density at radius 1 is 1.26 bits per heavy atom. The van der Waals surface area contributed by atoms with E-state index in [1.165, 1.54) is 11.4 Å². The topological polar surface area (TPSA) is 102 Å². The lowest BCUT2D eigenvalue weighted by Crippen LogP contribution is -2.51. The smallest absolute Gasteiger partial charge is 0.249 e. The fraction of sp³-hybridized carbons (Fsp3) is 0.765. The van der Waals surface area contributed by atoms with Crippen molar-refractivity contribution in [1.82, 2.24) is 14.4 Å². The van der Waals surface area contributed by atoms with Crippen molar-refractivity contribution in [3.63, 3.8) is 0 Å². The monoisotopic (exact) mass is 401 g/mol. The van der Waals surface area contributed by atoms with E-state index >= 15 is 0 Å². The number of sulfonamides is 1. The molecule has 9 nitrogen and oxygen atoms in total. The molecule has 1 unspecified atom stereocenters. The quantitative estimate of drug-likeness (QED) is 0.692. The Balaban J connectivity index is 1.80. The van der Waals surface area contributed by atoms with Crippen LogP contribution in [0.4, 0.5) is 0 Å². The van der Waals surface area contributed by atoms with Gasteiger partial charge >= 0.3 is 0 Å². The first kappa shape index (κ1) is 20.2. The van der Waals surface area contributed by atoms with Crippen molar-refractivity contribution >= 4 is 15.9 Å². The number of aryl methyl sites for hydroxylation is 2. The van der Waals surface area contributed by atoms with Gasteiger partial charge in [0, 0.05) is 45.5 Å². The van der Waals surface area contributed by atoms with E-state index in [9.17, 15) is 13.2 Å². The SMILES string of the molecule is COCC(=O)N(C1CCOCC1)C1CCN(S(=O)(=O)c2c(C)noc2C)C1. The molecule has 2 saturated heterocycles. The highest BCUT2D eigenvalue weighted by Crippen LogP contribution is 2.29. The van der Waals surface area contributed by atoms with E-state index in [-0.39, 0.29) is 41.8 Å². The normalized spacial score (nSPS) is 22.3. The van der Waals surface area contributed by atoms with Gasteiger partial charge in [0.15, 0.2) is 5.76 Å². The van der Waals surface area contributed by atoms with E-state index in [1.54, 1.807) is 13.8 Å². The largest absolute Gasteiger partial charge is 0.381 e. The second-order valence-corrected chi connectivity index (χ2v) is 8.91. The summed E-state index contributed by atoms with van der Waals surface area (Å²) < 4.78 is 43.0. The molecule has 0 N–H and O–H groups in total. The molecule has 0 aliphatic carbocycles. The number of carbonyl (C=O) groups excluding carboxylic acids is 1. The van der Waals surface area contributed by atoms with Crippen LogP contribution in [0, 0.1) is 13.8 Å². The second kappa shape index (κ2) is 8.26. The molecule has 0 bridgehead atoms. The van der Waals surface area contributed by atoms with Gasteiger partial charge in [0.25, 0.3) is 0 Å². The molecule has 3 rings (SSSR count). The average molecular weight is 401 g/mol. The lowest BCUT2D eigenvalue weighted by molar-refractivity contribution is -0.142. The second-order valence-electron chi connectivity index (χ2n) is 7.04. The maximum atomic E-state index is 13.1. The van der Waals surface area contributed by atoms with Crippen LogP contribution >= 0.6 is 0 Å². The van der Waals surface area contributed by atoms with Crippen LogP contribution in [0.25, 0.3) is 0 Å². The number of ether oxygens (including phenoxy) is 2. The molecule has 1 aromatic rings. The Hall–Kier alpha value is -1.49. The molecule has 0 aromatic carbocycles. The van der Waals surface area contributed by atoms with Gasteiger partial charge in [-0.3, -0.25) is 4.79 Å². The highest BCUT2D eigenvalue weighted by atomic mass is 32.2. The zero-order chi connectivity index (χ0) is 19.6. The molecule has 1 aromatic heterocycles. The number of methoxy groups -OCH3 is 1. The minimum Gasteiger partial charge on any atom is -0.381 e. The van der Waals surface area contributed by atoms with Crippen LogP contribution in [0.3, 0.4) is 0 Å². The summed E-state index contributed by atoms with van der Waals surface area (Å²) in [7, 11) is -2.22. The lowest BCUT2D eigenvalue weighted by Gasteiger charge is -2.38. The van der Waals surface area contributed by atoms with Crippen LogP contribution in [0.1, 0.15) is 30.7 Å². The predicted octanol–water partition coefficient (Wildman–Crippen LogP) is 0.708. The van der Waals surface area contributed by atoms with Crippen LogP contribution in [0.15, 0.2) is 9.42 Å². The molecule has 27 heavy (non-hydrogen) atoms. The average Bonchev–Trinajstić information content (AvgIpc) is 3.24. The molecule has 2 aliphatic rings. The summed E-state index contributed by atoms with van der Waals surface area (Å²) in [6.45, 7) is 5.04. The third-order valence-electron chi connectivity index (χ3n) is 5.23. The van der Waals surface area contributed by atoms with Gasteiger partial charge in [-0.1, -0.05) is 5.16 Å². The number of hydrogen-bond donors (Lipinski definition) is 0. The molecule has 10 heteroatoms. The summed E-state index contributed by atoms with van der Waals surface area (Å²) >= 11 is 0. The van der Waals surface area contributed by atoms with E-state index in [0.29, 0.717) is 31.9 Å². The molecular formula is C17H27N3O6S. The third kappa shape index (κ3) is 4.03. The van der Waals surface area contributed by atoms with Gasteiger partial charge in [0.1, 0.15) is 17.2 Å². The van der Waals surface area contributed by atoms with Gasteiger partial charge < -0.3 is 18.9 Å². The molecule has 152 valence electrons. The molecule has 0 saturated carbocycles. The van der Waals surface area contributed by atoms with Crippen LogP contribution in [0.5, 0.6) is 0 Å². The minimum absolute atomic E-state index is 0.00945. The Morgan fingerprint density at radius 2 is 1.96 bits per heavy atom. The number of carbonyl (C=O) groups is 1. The van der Waals surface area contributed by atoms with E-state index in [2.05, 4.69) is 5.16 Å². The summed E-state index contributed by atoms with van der Waals surface area (Å²) in [5, 5.41) is 3.76. The Bertz CT molecular complexity index is 752. The maximum absolute atomic E-state index is 13.1. The van der Waals surface area contributed by atoms with Crippen molar-refractivity contribution < 1.29 is 27.2 Å². The van der Waals surface area contributed by atoms with E-state index < -0.39 is 10.0 Å². The van der Waals surface area contributed by atoms with Crippen LogP contribution in [-0.4, -0.2) is 80.8 Å². The number of nitrogens with zero attached hydrogens (tertiary/aromatic N) is 3.